The normalized spacial score (nSPS) is 10.8. The number of aryl methyl sites for hydroxylation is 1. The Labute approximate surface area is 93.3 Å². The third kappa shape index (κ3) is 2.30. The lowest BCUT2D eigenvalue weighted by Gasteiger charge is -2.06. The Morgan fingerprint density at radius 1 is 1.33 bits per heavy atom. The molecule has 2 nitrogen and oxygen atoms in total. The van der Waals surface area contributed by atoms with Gasteiger partial charge >= 0.3 is 0 Å². The van der Waals surface area contributed by atoms with Gasteiger partial charge in [0.25, 0.3) is 0 Å². The van der Waals surface area contributed by atoms with Gasteiger partial charge in [-0.1, -0.05) is 18.2 Å². The van der Waals surface area contributed by atoms with Crippen molar-refractivity contribution >= 4 is 22.7 Å². The number of nitrogens with zero attached hydrogens (tertiary/aromatic N) is 1. The second-order valence-corrected chi connectivity index (χ2v) is 4.49. The second-order valence-electron chi connectivity index (χ2n) is 3.35. The van der Waals surface area contributed by atoms with Crippen molar-refractivity contribution in [3.05, 3.63) is 36.0 Å². The topological polar surface area (TPSA) is 33.1 Å². The predicted octanol–water partition coefficient (Wildman–Crippen LogP) is 2.63. The molecule has 0 radical (unpaired) electrons. The molecule has 0 bridgehead atoms. The maximum Gasteiger partial charge on any atom is 0.0716 e. The monoisotopic (exact) mass is 219 g/mol. The van der Waals surface area contributed by atoms with Crippen molar-refractivity contribution in [1.29, 1.82) is 0 Å². The SMILES string of the molecule is Cc1cc(SCCO)c2ccccc2n1. The molecule has 0 saturated heterocycles. The zero-order chi connectivity index (χ0) is 10.7. The largest absolute Gasteiger partial charge is 0.396 e. The summed E-state index contributed by atoms with van der Waals surface area (Å²) in [6, 6.07) is 10.2. The number of hydrogen-bond donors (Lipinski definition) is 1. The highest BCUT2D eigenvalue weighted by molar-refractivity contribution is 7.99. The molecule has 3 heteroatoms. The number of aliphatic hydroxyl groups is 1. The summed E-state index contributed by atoms with van der Waals surface area (Å²) in [6.07, 6.45) is 0. The zero-order valence-electron chi connectivity index (χ0n) is 8.60. The highest BCUT2D eigenvalue weighted by Gasteiger charge is 2.03. The maximum atomic E-state index is 8.83. The third-order valence-corrected chi connectivity index (χ3v) is 3.19. The molecule has 0 fully saturated rings. The van der Waals surface area contributed by atoms with Gasteiger partial charge < -0.3 is 5.11 Å². The van der Waals surface area contributed by atoms with Crippen LogP contribution in [0.2, 0.25) is 0 Å². The van der Waals surface area contributed by atoms with E-state index in [1.165, 1.54) is 10.3 Å². The molecule has 1 heterocycles. The van der Waals surface area contributed by atoms with Gasteiger partial charge in [0.05, 0.1) is 12.1 Å². The fraction of sp³-hybridized carbons (Fsp3) is 0.250. The average Bonchev–Trinajstić information content (AvgIpc) is 2.25. The summed E-state index contributed by atoms with van der Waals surface area (Å²) in [5.41, 5.74) is 2.05. The first-order valence-corrected chi connectivity index (χ1v) is 5.90. The van der Waals surface area contributed by atoms with Crippen LogP contribution in [0, 0.1) is 6.92 Å². The van der Waals surface area contributed by atoms with E-state index in [-0.39, 0.29) is 6.61 Å². The molecule has 0 aliphatic heterocycles. The Morgan fingerprint density at radius 2 is 2.13 bits per heavy atom. The van der Waals surface area contributed by atoms with Crippen LogP contribution < -0.4 is 0 Å². The number of hydrogen-bond acceptors (Lipinski definition) is 3. The van der Waals surface area contributed by atoms with Crippen molar-refractivity contribution < 1.29 is 5.11 Å². The fourth-order valence-corrected chi connectivity index (χ4v) is 2.44. The summed E-state index contributed by atoms with van der Waals surface area (Å²) < 4.78 is 0. The van der Waals surface area contributed by atoms with Crippen molar-refractivity contribution in [1.82, 2.24) is 4.98 Å². The molecule has 1 aromatic carbocycles. The van der Waals surface area contributed by atoms with E-state index in [0.717, 1.165) is 17.0 Å². The van der Waals surface area contributed by atoms with E-state index in [0.29, 0.717) is 0 Å². The minimum Gasteiger partial charge on any atom is -0.396 e. The molecule has 0 saturated carbocycles. The lowest BCUT2D eigenvalue weighted by molar-refractivity contribution is 0.322. The molecule has 78 valence electrons. The molecular weight excluding hydrogens is 206 g/mol. The van der Waals surface area contributed by atoms with Gasteiger partial charge in [-0.3, -0.25) is 4.98 Å². The second kappa shape index (κ2) is 4.64. The van der Waals surface area contributed by atoms with Gasteiger partial charge in [-0.15, -0.1) is 11.8 Å². The Kier molecular flexibility index (Phi) is 3.23. The van der Waals surface area contributed by atoms with Gasteiger partial charge in [0.1, 0.15) is 0 Å². The minimum absolute atomic E-state index is 0.209. The van der Waals surface area contributed by atoms with E-state index in [4.69, 9.17) is 5.11 Å². The number of aliphatic hydroxyl groups excluding tert-OH is 1. The van der Waals surface area contributed by atoms with E-state index >= 15 is 0 Å². The predicted molar refractivity (Wildman–Crippen MR) is 64.3 cm³/mol. The molecule has 0 atom stereocenters. The Bertz CT molecular complexity index is 470. The van der Waals surface area contributed by atoms with Crippen molar-refractivity contribution in [2.75, 3.05) is 12.4 Å². The van der Waals surface area contributed by atoms with E-state index in [9.17, 15) is 0 Å². The van der Waals surface area contributed by atoms with Crippen molar-refractivity contribution in [2.24, 2.45) is 0 Å². The van der Waals surface area contributed by atoms with E-state index in [2.05, 4.69) is 17.1 Å². The number of benzene rings is 1. The van der Waals surface area contributed by atoms with Crippen LogP contribution in [0.1, 0.15) is 5.69 Å². The van der Waals surface area contributed by atoms with Crippen LogP contribution >= 0.6 is 11.8 Å². The van der Waals surface area contributed by atoms with Crippen LogP contribution in [0.25, 0.3) is 10.9 Å². The number of rotatable bonds is 3. The first kappa shape index (κ1) is 10.5. The Hall–Kier alpha value is -1.06. The number of fused-ring (bicyclic) bond motifs is 1. The highest BCUT2D eigenvalue weighted by atomic mass is 32.2. The molecule has 2 rings (SSSR count). The van der Waals surface area contributed by atoms with Gasteiger partial charge in [0.2, 0.25) is 0 Å². The van der Waals surface area contributed by atoms with Gasteiger partial charge in [0, 0.05) is 21.7 Å². The van der Waals surface area contributed by atoms with Crippen LogP contribution in [0.15, 0.2) is 35.2 Å². The number of para-hydroxylation sites is 1. The molecule has 15 heavy (non-hydrogen) atoms. The summed E-state index contributed by atoms with van der Waals surface area (Å²) in [4.78, 5) is 5.67. The van der Waals surface area contributed by atoms with E-state index in [1.54, 1.807) is 11.8 Å². The number of pyridine rings is 1. The Balaban J connectivity index is 2.50. The lowest BCUT2D eigenvalue weighted by atomic mass is 10.2. The molecule has 0 spiro atoms. The van der Waals surface area contributed by atoms with Gasteiger partial charge in [-0.05, 0) is 19.1 Å². The lowest BCUT2D eigenvalue weighted by Crippen LogP contribution is -1.90. The molecule has 2 aromatic rings. The third-order valence-electron chi connectivity index (χ3n) is 2.16. The molecule has 1 aromatic heterocycles. The summed E-state index contributed by atoms with van der Waals surface area (Å²) in [5.74, 6) is 0.730. The fourth-order valence-electron chi connectivity index (χ4n) is 1.54. The summed E-state index contributed by atoms with van der Waals surface area (Å²) in [5, 5.41) is 10.0. The smallest absolute Gasteiger partial charge is 0.0716 e. The van der Waals surface area contributed by atoms with Crippen molar-refractivity contribution in [3.63, 3.8) is 0 Å². The van der Waals surface area contributed by atoms with Gasteiger partial charge in [-0.2, -0.15) is 0 Å². The zero-order valence-corrected chi connectivity index (χ0v) is 9.42. The molecular formula is C12H13NOS. The van der Waals surface area contributed by atoms with Crippen LogP contribution in [-0.4, -0.2) is 22.5 Å². The summed E-state index contributed by atoms with van der Waals surface area (Å²) >= 11 is 1.67. The van der Waals surface area contributed by atoms with Gasteiger partial charge in [-0.25, -0.2) is 0 Å². The van der Waals surface area contributed by atoms with Crippen LogP contribution in [0.4, 0.5) is 0 Å². The molecule has 1 N–H and O–H groups in total. The Morgan fingerprint density at radius 3 is 2.93 bits per heavy atom. The van der Waals surface area contributed by atoms with E-state index < -0.39 is 0 Å². The van der Waals surface area contributed by atoms with Crippen LogP contribution in [0.3, 0.4) is 0 Å². The standard InChI is InChI=1S/C12H13NOS/c1-9-8-12(15-7-6-14)10-4-2-3-5-11(10)13-9/h2-5,8,14H,6-7H2,1H3. The number of thioether (sulfide) groups is 1. The van der Waals surface area contributed by atoms with Crippen molar-refractivity contribution in [2.45, 2.75) is 11.8 Å². The first-order chi connectivity index (χ1) is 7.31. The quantitative estimate of drug-likeness (QED) is 0.806. The van der Waals surface area contributed by atoms with Crippen LogP contribution in [-0.2, 0) is 0 Å². The van der Waals surface area contributed by atoms with Crippen molar-refractivity contribution in [3.8, 4) is 0 Å². The first-order valence-electron chi connectivity index (χ1n) is 4.91. The maximum absolute atomic E-state index is 8.83. The summed E-state index contributed by atoms with van der Waals surface area (Å²) in [6.45, 7) is 2.20. The molecule has 0 aliphatic carbocycles. The van der Waals surface area contributed by atoms with Gasteiger partial charge in [0.15, 0.2) is 0 Å². The summed E-state index contributed by atoms with van der Waals surface area (Å²) in [7, 11) is 0. The number of aromatic nitrogens is 1. The molecule has 0 aliphatic rings. The molecule has 0 amide bonds. The minimum atomic E-state index is 0.209. The van der Waals surface area contributed by atoms with Crippen LogP contribution in [0.5, 0.6) is 0 Å². The van der Waals surface area contributed by atoms with E-state index in [1.807, 2.05) is 25.1 Å². The highest BCUT2D eigenvalue weighted by Crippen LogP contribution is 2.27. The average molecular weight is 219 g/mol. The molecule has 0 unspecified atom stereocenters.